The van der Waals surface area contributed by atoms with E-state index in [2.05, 4.69) is 23.3 Å². The molecule has 2 N–H and O–H groups in total. The number of nitriles is 1. The van der Waals surface area contributed by atoms with Crippen LogP contribution in [0.1, 0.15) is 31.2 Å². The van der Waals surface area contributed by atoms with Gasteiger partial charge in [0, 0.05) is 0 Å². The van der Waals surface area contributed by atoms with Gasteiger partial charge in [0.15, 0.2) is 0 Å². The van der Waals surface area contributed by atoms with Crippen LogP contribution < -0.4 is 5.73 Å². The molecule has 1 saturated carbocycles. The molecule has 3 heteroatoms. The summed E-state index contributed by atoms with van der Waals surface area (Å²) in [7, 11) is 0. The Morgan fingerprint density at radius 1 is 1.22 bits per heavy atom. The van der Waals surface area contributed by atoms with E-state index in [1.54, 1.807) is 0 Å². The van der Waals surface area contributed by atoms with Crippen molar-refractivity contribution in [3.05, 3.63) is 29.8 Å². The summed E-state index contributed by atoms with van der Waals surface area (Å²) in [4.78, 5) is 0. The summed E-state index contributed by atoms with van der Waals surface area (Å²) >= 11 is -0.809. The van der Waals surface area contributed by atoms with Crippen LogP contribution in [-0.2, 0) is 23.1 Å². The van der Waals surface area contributed by atoms with Gasteiger partial charge in [-0.05, 0) is 0 Å². The van der Waals surface area contributed by atoms with E-state index in [1.807, 2.05) is 12.1 Å². The van der Waals surface area contributed by atoms with E-state index in [0.29, 0.717) is 5.92 Å². The second-order valence-corrected chi connectivity index (χ2v) is 11.1. The summed E-state index contributed by atoms with van der Waals surface area (Å²) in [6.07, 6.45) is 4.82. The molecular formula is C15H21AuN2. The Morgan fingerprint density at radius 2 is 1.83 bits per heavy atom. The molecule has 0 heterocycles. The van der Waals surface area contributed by atoms with Crippen molar-refractivity contribution in [1.29, 1.82) is 5.26 Å². The predicted molar refractivity (Wildman–Crippen MR) is 71.7 cm³/mol. The van der Waals surface area contributed by atoms with Crippen molar-refractivity contribution in [2.75, 3.05) is 5.73 Å². The molecule has 2 nitrogen and oxygen atoms in total. The van der Waals surface area contributed by atoms with Gasteiger partial charge in [-0.15, -0.1) is 0 Å². The van der Waals surface area contributed by atoms with Crippen LogP contribution in [-0.4, -0.2) is 0 Å². The molecule has 0 radical (unpaired) electrons. The van der Waals surface area contributed by atoms with Gasteiger partial charge in [0.1, 0.15) is 0 Å². The van der Waals surface area contributed by atoms with E-state index in [-0.39, 0.29) is 0 Å². The summed E-state index contributed by atoms with van der Waals surface area (Å²) in [6, 6.07) is 10.8. The van der Waals surface area contributed by atoms with Gasteiger partial charge in [-0.3, -0.25) is 0 Å². The summed E-state index contributed by atoms with van der Waals surface area (Å²) in [6.45, 7) is 0. The van der Waals surface area contributed by atoms with E-state index >= 15 is 0 Å². The molecule has 0 bridgehead atoms. The molecular weight excluding hydrogens is 405 g/mol. The average molecular weight is 426 g/mol. The number of anilines is 1. The molecule has 1 fully saturated rings. The van der Waals surface area contributed by atoms with Crippen LogP contribution in [0.4, 0.5) is 5.69 Å². The van der Waals surface area contributed by atoms with Crippen molar-refractivity contribution in [2.45, 2.75) is 39.6 Å². The van der Waals surface area contributed by atoms with Crippen LogP contribution >= 0.6 is 0 Å². The van der Waals surface area contributed by atoms with Crippen LogP contribution in [0.2, 0.25) is 9.28 Å². The summed E-state index contributed by atoms with van der Waals surface area (Å²) in [5.41, 5.74) is 8.00. The van der Waals surface area contributed by atoms with Gasteiger partial charge in [0.2, 0.25) is 0 Å². The first kappa shape index (κ1) is 13.7. The van der Waals surface area contributed by atoms with Gasteiger partial charge in [-0.25, -0.2) is 0 Å². The summed E-state index contributed by atoms with van der Waals surface area (Å²) in [5, 5.41) is 11.4. The van der Waals surface area contributed by atoms with Crippen molar-refractivity contribution in [3.63, 3.8) is 0 Å². The third kappa shape index (κ3) is 3.62. The minimum atomic E-state index is -0.809. The Morgan fingerprint density at radius 3 is 2.39 bits per heavy atom. The number of nitrogen functional groups attached to an aromatic ring is 1. The zero-order valence-electron chi connectivity index (χ0n) is 10.8. The maximum atomic E-state index is 8.93. The fourth-order valence-corrected chi connectivity index (χ4v) is 7.71. The Kier molecular flexibility index (Phi) is 4.88. The van der Waals surface area contributed by atoms with Gasteiger partial charge < -0.3 is 0 Å². The van der Waals surface area contributed by atoms with Crippen LogP contribution in [0.25, 0.3) is 0 Å². The minimum absolute atomic E-state index is 0.334. The molecule has 0 atom stereocenters. The monoisotopic (exact) mass is 426 g/mol. The third-order valence-electron chi connectivity index (χ3n) is 3.49. The first-order valence-corrected chi connectivity index (χ1v) is 11.2. The van der Waals surface area contributed by atoms with Gasteiger partial charge in [-0.1, -0.05) is 0 Å². The fourth-order valence-electron chi connectivity index (χ4n) is 2.32. The number of hydrogen-bond donors (Lipinski definition) is 1. The Labute approximate surface area is 116 Å². The Bertz CT molecular complexity index is 413. The van der Waals surface area contributed by atoms with Crippen LogP contribution in [0.15, 0.2) is 24.3 Å². The summed E-state index contributed by atoms with van der Waals surface area (Å²) < 4.78 is 2.21. The molecule has 0 saturated heterocycles. The molecule has 18 heavy (non-hydrogen) atoms. The fraction of sp³-hybridized carbons (Fsp3) is 0.533. The zero-order valence-corrected chi connectivity index (χ0v) is 13.0. The van der Waals surface area contributed by atoms with Gasteiger partial charge in [-0.2, -0.15) is 0 Å². The van der Waals surface area contributed by atoms with E-state index in [0.717, 1.165) is 22.7 Å². The van der Waals surface area contributed by atoms with Crippen LogP contribution in [0.3, 0.4) is 0 Å². The summed E-state index contributed by atoms with van der Waals surface area (Å²) in [5.74, 6) is 0.334. The predicted octanol–water partition coefficient (Wildman–Crippen LogP) is 3.94. The standard InChI is InChI=1S/C7H8N.C7H10N.CH3.Au/c1-6-2-4-7(8)5-3-6;8-6-7-4-2-1-3-5-7;;/h2-5H,1,8H2;1,7H,2-5H2;1H3;. The van der Waals surface area contributed by atoms with Crippen LogP contribution in [0.5, 0.6) is 0 Å². The molecule has 1 aromatic carbocycles. The number of nitrogens with two attached hydrogens (primary N) is 1. The molecule has 0 unspecified atom stereocenters. The van der Waals surface area contributed by atoms with Crippen molar-refractivity contribution in [3.8, 4) is 6.07 Å². The van der Waals surface area contributed by atoms with E-state index < -0.39 is 18.4 Å². The number of benzene rings is 1. The molecule has 102 valence electrons. The van der Waals surface area contributed by atoms with Crippen molar-refractivity contribution in [1.82, 2.24) is 0 Å². The normalized spacial score (nSPS) is 24.3. The number of nitrogens with zero attached hydrogens (tertiary/aromatic N) is 1. The van der Waals surface area contributed by atoms with E-state index in [1.165, 1.54) is 23.0 Å². The van der Waals surface area contributed by atoms with E-state index in [4.69, 9.17) is 11.0 Å². The third-order valence-corrected chi connectivity index (χ3v) is 9.85. The Balaban J connectivity index is 1.87. The van der Waals surface area contributed by atoms with Crippen LogP contribution in [0, 0.1) is 17.2 Å². The van der Waals surface area contributed by atoms with Gasteiger partial charge >= 0.3 is 117 Å². The first-order valence-electron chi connectivity index (χ1n) is 6.30. The number of hydrogen-bond acceptors (Lipinski definition) is 2. The molecule has 1 aromatic rings. The molecule has 1 aliphatic carbocycles. The van der Waals surface area contributed by atoms with Gasteiger partial charge in [0.05, 0.1) is 0 Å². The van der Waals surface area contributed by atoms with Crippen molar-refractivity contribution < 1.29 is 18.4 Å². The van der Waals surface area contributed by atoms with Gasteiger partial charge in [0.25, 0.3) is 0 Å². The maximum absolute atomic E-state index is 8.93. The van der Waals surface area contributed by atoms with Crippen molar-refractivity contribution in [2.24, 2.45) is 5.92 Å². The molecule has 0 spiro atoms. The number of rotatable bonds is 3. The molecule has 0 aliphatic heterocycles. The second-order valence-electron chi connectivity index (χ2n) is 4.87. The average Bonchev–Trinajstić information content (AvgIpc) is 2.41. The second kappa shape index (κ2) is 6.43. The van der Waals surface area contributed by atoms with Crippen molar-refractivity contribution >= 4 is 5.69 Å². The molecule has 0 amide bonds. The quantitative estimate of drug-likeness (QED) is 0.588. The first-order chi connectivity index (χ1) is 8.69. The molecule has 1 aliphatic rings. The molecule has 0 aromatic heterocycles. The zero-order chi connectivity index (χ0) is 13.0. The Hall–Kier alpha value is -0.750. The molecule has 2 rings (SSSR count). The SMILES string of the molecule is [CH3][Au]([CH2]c1ccc(N)cc1)[CH]1CCC(C#N)CC1. The topological polar surface area (TPSA) is 49.8 Å². The van der Waals surface area contributed by atoms with E-state index in [9.17, 15) is 0 Å².